The van der Waals surface area contributed by atoms with Crippen molar-refractivity contribution in [3.63, 3.8) is 0 Å². The molecule has 198 valence electrons. The largest absolute Gasteiger partial charge is 0.460 e. The van der Waals surface area contributed by atoms with Gasteiger partial charge in [-0.2, -0.15) is 57.1 Å². The summed E-state index contributed by atoms with van der Waals surface area (Å²) >= 11 is 0. The van der Waals surface area contributed by atoms with Gasteiger partial charge in [0.15, 0.2) is 0 Å². The molecule has 0 rings (SSSR count). The molecule has 0 saturated carbocycles. The van der Waals surface area contributed by atoms with Crippen molar-refractivity contribution in [3.05, 3.63) is 0 Å². The zero-order chi connectivity index (χ0) is 26.7. The molecule has 0 aliphatic heterocycles. The summed E-state index contributed by atoms with van der Waals surface area (Å²) in [4.78, 5) is 12.1. The number of amides is 1. The van der Waals surface area contributed by atoms with E-state index in [9.17, 15) is 61.9 Å². The van der Waals surface area contributed by atoms with Crippen LogP contribution in [0, 0.1) is 0 Å². The predicted octanol–water partition coefficient (Wildman–Crippen LogP) is 6.39. The average molecular weight is 518 g/mol. The Morgan fingerprint density at radius 2 is 0.970 bits per heavy atom. The normalized spacial score (nSPS) is 14.7. The summed E-state index contributed by atoms with van der Waals surface area (Å²) in [6.45, 7) is 2.87. The highest BCUT2D eigenvalue weighted by Gasteiger charge is 2.91. The van der Waals surface area contributed by atoms with E-state index in [1.165, 1.54) is 0 Å². The summed E-state index contributed by atoms with van der Waals surface area (Å²) in [5, 5.41) is 0.620. The van der Waals surface area contributed by atoms with Crippen molar-refractivity contribution in [2.45, 2.75) is 82.2 Å². The third-order valence-corrected chi connectivity index (χ3v) is 4.62. The number of halogens is 13. The zero-order valence-corrected chi connectivity index (χ0v) is 17.7. The van der Waals surface area contributed by atoms with Gasteiger partial charge in [-0.15, -0.1) is 0 Å². The quantitative estimate of drug-likeness (QED) is 0.208. The number of alkyl halides is 13. The second-order valence-electron chi connectivity index (χ2n) is 7.05. The first-order valence-electron chi connectivity index (χ1n) is 9.65. The Balaban J connectivity index is 6.42. The molecule has 0 unspecified atom stereocenters. The van der Waals surface area contributed by atoms with Gasteiger partial charge in [-0.1, -0.05) is 26.7 Å². The topological polar surface area (TPSA) is 23.6 Å². The molecule has 33 heavy (non-hydrogen) atoms. The molecule has 0 aromatic rings. The molecule has 0 heterocycles. The van der Waals surface area contributed by atoms with Gasteiger partial charge in [-0.3, -0.25) is 9.80 Å². The molecular weight excluding hydrogens is 495 g/mol. The van der Waals surface area contributed by atoms with Crippen LogP contribution in [0.15, 0.2) is 0 Å². The third kappa shape index (κ3) is 5.45. The summed E-state index contributed by atoms with van der Waals surface area (Å²) < 4.78 is 173. The van der Waals surface area contributed by atoms with Gasteiger partial charge >= 0.3 is 41.7 Å². The minimum absolute atomic E-state index is 0.143. The van der Waals surface area contributed by atoms with Gasteiger partial charge in [-0.05, 0) is 19.8 Å². The lowest BCUT2D eigenvalue weighted by Crippen LogP contribution is -2.72. The minimum atomic E-state index is -8.04. The van der Waals surface area contributed by atoms with E-state index in [-0.39, 0.29) is 30.9 Å². The van der Waals surface area contributed by atoms with Gasteiger partial charge in [-0.25, -0.2) is 5.01 Å². The molecule has 0 bridgehead atoms. The van der Waals surface area contributed by atoms with Crippen molar-refractivity contribution in [1.82, 2.24) is 10.0 Å². The van der Waals surface area contributed by atoms with Crippen molar-refractivity contribution in [3.8, 4) is 0 Å². The van der Waals surface area contributed by atoms with Gasteiger partial charge in [0.25, 0.3) is 0 Å². The van der Waals surface area contributed by atoms with Crippen molar-refractivity contribution in [1.29, 1.82) is 0 Å². The van der Waals surface area contributed by atoms with Gasteiger partial charge in [0.2, 0.25) is 0 Å². The van der Waals surface area contributed by atoms with E-state index in [0.717, 1.165) is 11.9 Å². The molecule has 0 aliphatic carbocycles. The highest BCUT2D eigenvalue weighted by molar-refractivity contribution is 5.84. The lowest BCUT2D eigenvalue weighted by molar-refractivity contribution is -0.436. The van der Waals surface area contributed by atoms with Crippen LogP contribution >= 0.6 is 0 Å². The third-order valence-electron chi connectivity index (χ3n) is 4.62. The summed E-state index contributed by atoms with van der Waals surface area (Å²) in [6.07, 6.45) is -6.31. The molecule has 0 atom stereocenters. The summed E-state index contributed by atoms with van der Waals surface area (Å²) in [5.41, 5.74) is 0. The van der Waals surface area contributed by atoms with E-state index in [0.29, 0.717) is 12.8 Å². The predicted molar refractivity (Wildman–Crippen MR) is 89.6 cm³/mol. The number of carbonyl (C=O) groups is 1. The average Bonchev–Trinajstić information content (AvgIpc) is 2.68. The van der Waals surface area contributed by atoms with Crippen LogP contribution in [-0.4, -0.2) is 71.3 Å². The molecule has 0 saturated heterocycles. The van der Waals surface area contributed by atoms with E-state index in [1.807, 2.05) is 0 Å². The molecule has 3 nitrogen and oxygen atoms in total. The molecule has 0 fully saturated rings. The summed E-state index contributed by atoms with van der Waals surface area (Å²) in [5.74, 6) is -41.4. The Morgan fingerprint density at radius 1 is 0.606 bits per heavy atom. The first kappa shape index (κ1) is 31.5. The highest BCUT2D eigenvalue weighted by atomic mass is 19.4. The molecule has 0 spiro atoms. The number of hydrazine groups is 1. The molecule has 1 amide bonds. The summed E-state index contributed by atoms with van der Waals surface area (Å²) in [7, 11) is 0. The van der Waals surface area contributed by atoms with Gasteiger partial charge in [0, 0.05) is 19.6 Å². The zero-order valence-electron chi connectivity index (χ0n) is 17.7. The molecule has 0 aromatic heterocycles. The fourth-order valence-corrected chi connectivity index (χ4v) is 2.57. The Kier molecular flexibility index (Phi) is 9.95. The van der Waals surface area contributed by atoms with Crippen LogP contribution in [0.25, 0.3) is 0 Å². The second-order valence-corrected chi connectivity index (χ2v) is 7.05. The van der Waals surface area contributed by atoms with Crippen LogP contribution < -0.4 is 0 Å². The fourth-order valence-electron chi connectivity index (χ4n) is 2.57. The van der Waals surface area contributed by atoms with Gasteiger partial charge in [0.05, 0.1) is 0 Å². The van der Waals surface area contributed by atoms with Crippen LogP contribution in [0.1, 0.15) is 46.5 Å². The maximum Gasteiger partial charge on any atom is 0.460 e. The van der Waals surface area contributed by atoms with Crippen molar-refractivity contribution in [2.75, 3.05) is 19.6 Å². The van der Waals surface area contributed by atoms with Gasteiger partial charge in [0.1, 0.15) is 0 Å². The first-order chi connectivity index (χ1) is 14.6. The fraction of sp³-hybridized carbons (Fsp3) is 0.941. The van der Waals surface area contributed by atoms with E-state index >= 15 is 0 Å². The Hall–Kier alpha value is -1.48. The van der Waals surface area contributed by atoms with Crippen LogP contribution in [-0.2, 0) is 4.79 Å². The Bertz CT molecular complexity index is 641. The van der Waals surface area contributed by atoms with Crippen LogP contribution in [0.4, 0.5) is 57.1 Å². The van der Waals surface area contributed by atoms with Gasteiger partial charge < -0.3 is 0 Å². The number of unbranched alkanes of at least 4 members (excludes halogenated alkanes) is 2. The van der Waals surface area contributed by atoms with E-state index in [2.05, 4.69) is 0 Å². The number of carbonyl (C=O) groups excluding carboxylic acids is 1. The monoisotopic (exact) mass is 518 g/mol. The highest BCUT2D eigenvalue weighted by Crippen LogP contribution is 2.60. The number of rotatable bonds is 13. The van der Waals surface area contributed by atoms with E-state index < -0.39 is 48.2 Å². The number of nitrogens with zero attached hydrogens (tertiary/aromatic N) is 2. The SMILES string of the molecule is CCCCN(CCCC)N(CC)C(=O)C(F)(F)C(F)(F)C(F)(F)C(F)(F)C(F)(F)C(F)(F)F. The standard InChI is InChI=1S/C17H23F13N2O/c1-4-7-9-31(10-8-5-2)32(6-3)11(33)12(18,19)13(20,21)14(22,23)15(24,25)16(26,27)17(28,29)30/h4-10H2,1-3H3. The number of hydrogen-bond donors (Lipinski definition) is 0. The molecule has 0 radical (unpaired) electrons. The molecule has 16 heteroatoms. The maximum absolute atomic E-state index is 14.2. The van der Waals surface area contributed by atoms with Crippen LogP contribution in [0.5, 0.6) is 0 Å². The van der Waals surface area contributed by atoms with Crippen LogP contribution in [0.2, 0.25) is 0 Å². The summed E-state index contributed by atoms with van der Waals surface area (Å²) in [6, 6.07) is 0. The Labute approximate surface area is 180 Å². The number of hydrogen-bond acceptors (Lipinski definition) is 2. The molecule has 0 aromatic carbocycles. The lowest BCUT2D eigenvalue weighted by Gasteiger charge is -2.42. The van der Waals surface area contributed by atoms with Crippen molar-refractivity contribution < 1.29 is 61.9 Å². The Morgan fingerprint density at radius 3 is 1.27 bits per heavy atom. The van der Waals surface area contributed by atoms with Crippen molar-refractivity contribution >= 4 is 5.91 Å². The molecule has 0 N–H and O–H groups in total. The first-order valence-corrected chi connectivity index (χ1v) is 9.65. The van der Waals surface area contributed by atoms with Crippen molar-refractivity contribution in [2.24, 2.45) is 0 Å². The molecular formula is C17H23F13N2O. The van der Waals surface area contributed by atoms with E-state index in [4.69, 9.17) is 0 Å². The lowest BCUT2D eigenvalue weighted by atomic mass is 9.93. The van der Waals surface area contributed by atoms with E-state index in [1.54, 1.807) is 13.8 Å². The maximum atomic E-state index is 14.2. The minimum Gasteiger partial charge on any atom is -0.270 e. The smallest absolute Gasteiger partial charge is 0.270 e. The molecule has 0 aliphatic rings. The second kappa shape index (κ2) is 10.4. The van der Waals surface area contributed by atoms with Crippen LogP contribution in [0.3, 0.4) is 0 Å².